The van der Waals surface area contributed by atoms with Crippen molar-refractivity contribution in [2.75, 3.05) is 6.54 Å². The van der Waals surface area contributed by atoms with Gasteiger partial charge in [-0.3, -0.25) is 9.59 Å². The van der Waals surface area contributed by atoms with Crippen LogP contribution in [0.1, 0.15) is 27.5 Å². The maximum absolute atomic E-state index is 12.8. The Balaban J connectivity index is 1.62. The summed E-state index contributed by atoms with van der Waals surface area (Å²) < 4.78 is 0. The lowest BCUT2D eigenvalue weighted by Crippen LogP contribution is -2.30. The van der Waals surface area contributed by atoms with Gasteiger partial charge in [0.25, 0.3) is 11.5 Å². The number of hydrogen-bond acceptors (Lipinski definition) is 3. The Kier molecular flexibility index (Phi) is 4.97. The highest BCUT2D eigenvalue weighted by Gasteiger charge is 2.18. The maximum Gasteiger partial charge on any atom is 0.272 e. The van der Waals surface area contributed by atoms with E-state index in [0.717, 1.165) is 11.1 Å². The predicted octanol–water partition coefficient (Wildman–Crippen LogP) is 3.49. The fraction of sp³-hybridized carbons (Fsp3) is 0.0870. The summed E-state index contributed by atoms with van der Waals surface area (Å²) in [4.78, 5) is 24.8. The molecule has 0 aliphatic carbocycles. The Morgan fingerprint density at radius 2 is 1.36 bits per heavy atom. The number of carbonyl (C=O) groups is 1. The van der Waals surface area contributed by atoms with Gasteiger partial charge < -0.3 is 5.32 Å². The highest BCUT2D eigenvalue weighted by Crippen LogP contribution is 2.24. The molecule has 28 heavy (non-hydrogen) atoms. The van der Waals surface area contributed by atoms with Gasteiger partial charge in [0.2, 0.25) is 0 Å². The number of amides is 1. The monoisotopic (exact) mass is 369 g/mol. The molecule has 0 bridgehead atoms. The number of fused-ring (bicyclic) bond motifs is 1. The van der Waals surface area contributed by atoms with Crippen molar-refractivity contribution in [3.05, 3.63) is 112 Å². The largest absolute Gasteiger partial charge is 0.350 e. The molecule has 4 rings (SSSR count). The van der Waals surface area contributed by atoms with Crippen molar-refractivity contribution in [2.45, 2.75) is 5.92 Å². The summed E-state index contributed by atoms with van der Waals surface area (Å²) in [6, 6.07) is 27.1. The number of H-pyrrole nitrogens is 1. The van der Waals surface area contributed by atoms with Crippen molar-refractivity contribution >= 4 is 16.7 Å². The minimum Gasteiger partial charge on any atom is -0.350 e. The molecule has 0 aliphatic heterocycles. The zero-order valence-electron chi connectivity index (χ0n) is 15.1. The average Bonchev–Trinajstić information content (AvgIpc) is 2.76. The number of nitrogens with zero attached hydrogens (tertiary/aromatic N) is 1. The van der Waals surface area contributed by atoms with Crippen molar-refractivity contribution in [3.8, 4) is 0 Å². The topological polar surface area (TPSA) is 74.8 Å². The van der Waals surface area contributed by atoms with Gasteiger partial charge in [-0.25, -0.2) is 5.10 Å². The van der Waals surface area contributed by atoms with E-state index in [-0.39, 0.29) is 23.1 Å². The lowest BCUT2D eigenvalue weighted by Gasteiger charge is -2.19. The zero-order chi connectivity index (χ0) is 19.3. The second-order valence-corrected chi connectivity index (χ2v) is 6.53. The van der Waals surface area contributed by atoms with E-state index in [9.17, 15) is 9.59 Å². The Hall–Kier alpha value is -3.73. The molecule has 1 heterocycles. The molecule has 5 nitrogen and oxygen atoms in total. The molecule has 3 aromatic carbocycles. The molecule has 0 saturated carbocycles. The van der Waals surface area contributed by atoms with Gasteiger partial charge in [-0.1, -0.05) is 78.9 Å². The van der Waals surface area contributed by atoms with Crippen LogP contribution in [0.2, 0.25) is 0 Å². The van der Waals surface area contributed by atoms with Crippen LogP contribution in [0.4, 0.5) is 0 Å². The summed E-state index contributed by atoms with van der Waals surface area (Å²) in [5.74, 6) is -0.301. The van der Waals surface area contributed by atoms with E-state index in [2.05, 4.69) is 39.8 Å². The third kappa shape index (κ3) is 3.55. The van der Waals surface area contributed by atoms with Crippen LogP contribution in [0.15, 0.2) is 89.7 Å². The molecule has 2 N–H and O–H groups in total. The smallest absolute Gasteiger partial charge is 0.272 e. The standard InChI is InChI=1S/C23H19N3O2/c27-22-19-14-8-7-13-18(19)21(25-26-22)23(28)24-15-20(16-9-3-1-4-10-16)17-11-5-2-6-12-17/h1-14,20H,15H2,(H,24,28)(H,26,27). The molecule has 0 atom stereocenters. The van der Waals surface area contributed by atoms with Crippen molar-refractivity contribution in [2.24, 2.45) is 0 Å². The van der Waals surface area contributed by atoms with Crippen molar-refractivity contribution in [3.63, 3.8) is 0 Å². The minimum absolute atomic E-state index is 0.0142. The molecule has 0 fully saturated rings. The highest BCUT2D eigenvalue weighted by molar-refractivity contribution is 6.04. The molecule has 0 spiro atoms. The molecular formula is C23H19N3O2. The quantitative estimate of drug-likeness (QED) is 0.565. The molecule has 4 aromatic rings. The predicted molar refractivity (Wildman–Crippen MR) is 109 cm³/mol. The molecule has 5 heteroatoms. The van der Waals surface area contributed by atoms with Crippen LogP contribution in [0, 0.1) is 0 Å². The van der Waals surface area contributed by atoms with Gasteiger partial charge in [-0.05, 0) is 17.2 Å². The maximum atomic E-state index is 12.8. The van der Waals surface area contributed by atoms with E-state index in [1.54, 1.807) is 24.3 Å². The number of rotatable bonds is 5. The van der Waals surface area contributed by atoms with Crippen molar-refractivity contribution < 1.29 is 4.79 Å². The first-order valence-electron chi connectivity index (χ1n) is 9.09. The molecule has 0 unspecified atom stereocenters. The van der Waals surface area contributed by atoms with Crippen LogP contribution in [-0.4, -0.2) is 22.6 Å². The molecule has 1 amide bonds. The van der Waals surface area contributed by atoms with Gasteiger partial charge in [-0.2, -0.15) is 5.10 Å². The van der Waals surface area contributed by atoms with Crippen LogP contribution in [0.25, 0.3) is 10.8 Å². The SMILES string of the molecule is O=C(NCC(c1ccccc1)c1ccccc1)c1n[nH]c(=O)c2ccccc12. The number of nitrogens with one attached hydrogen (secondary N) is 2. The van der Waals surface area contributed by atoms with Gasteiger partial charge >= 0.3 is 0 Å². The third-order valence-electron chi connectivity index (χ3n) is 4.78. The summed E-state index contributed by atoms with van der Waals surface area (Å²) in [5, 5.41) is 10.4. The van der Waals surface area contributed by atoms with Gasteiger partial charge in [-0.15, -0.1) is 0 Å². The van der Waals surface area contributed by atoms with E-state index in [0.29, 0.717) is 17.3 Å². The van der Waals surface area contributed by atoms with E-state index in [1.807, 2.05) is 36.4 Å². The molecule has 1 aromatic heterocycles. The molecule has 0 radical (unpaired) electrons. The van der Waals surface area contributed by atoms with Crippen LogP contribution in [0.5, 0.6) is 0 Å². The zero-order valence-corrected chi connectivity index (χ0v) is 15.1. The normalized spacial score (nSPS) is 10.9. The first kappa shape index (κ1) is 17.7. The Bertz CT molecular complexity index is 1120. The summed E-state index contributed by atoms with van der Waals surface area (Å²) in [6.45, 7) is 0.419. The van der Waals surface area contributed by atoms with Gasteiger partial charge in [0.1, 0.15) is 0 Å². The minimum atomic E-state index is -0.315. The second kappa shape index (κ2) is 7.88. The van der Waals surface area contributed by atoms with Crippen LogP contribution in [-0.2, 0) is 0 Å². The summed E-state index contributed by atoms with van der Waals surface area (Å²) in [7, 11) is 0. The first-order chi connectivity index (χ1) is 13.7. The Labute approximate surface area is 162 Å². The van der Waals surface area contributed by atoms with Crippen LogP contribution in [0.3, 0.4) is 0 Å². The fourth-order valence-electron chi connectivity index (χ4n) is 3.37. The van der Waals surface area contributed by atoms with E-state index in [4.69, 9.17) is 0 Å². The average molecular weight is 369 g/mol. The van der Waals surface area contributed by atoms with Gasteiger partial charge in [0.15, 0.2) is 5.69 Å². The number of carbonyl (C=O) groups excluding carboxylic acids is 1. The molecular weight excluding hydrogens is 350 g/mol. The lowest BCUT2D eigenvalue weighted by molar-refractivity contribution is 0.0948. The molecule has 138 valence electrons. The van der Waals surface area contributed by atoms with Gasteiger partial charge in [0.05, 0.1) is 5.39 Å². The lowest BCUT2D eigenvalue weighted by atomic mass is 9.91. The summed E-state index contributed by atoms with van der Waals surface area (Å²) in [5.41, 5.74) is 2.15. The highest BCUT2D eigenvalue weighted by atomic mass is 16.2. The first-order valence-corrected chi connectivity index (χ1v) is 9.09. The van der Waals surface area contributed by atoms with Crippen LogP contribution < -0.4 is 10.9 Å². The van der Waals surface area contributed by atoms with E-state index >= 15 is 0 Å². The number of aromatic amines is 1. The van der Waals surface area contributed by atoms with Crippen molar-refractivity contribution in [1.29, 1.82) is 0 Å². The number of aromatic nitrogens is 2. The van der Waals surface area contributed by atoms with E-state index < -0.39 is 0 Å². The Morgan fingerprint density at radius 1 is 0.821 bits per heavy atom. The number of benzene rings is 3. The van der Waals surface area contributed by atoms with E-state index in [1.165, 1.54) is 0 Å². The summed E-state index contributed by atoms with van der Waals surface area (Å²) >= 11 is 0. The fourth-order valence-corrected chi connectivity index (χ4v) is 3.37. The van der Waals surface area contributed by atoms with Gasteiger partial charge in [0, 0.05) is 17.8 Å². The second-order valence-electron chi connectivity index (χ2n) is 6.53. The molecule has 0 saturated heterocycles. The molecule has 0 aliphatic rings. The third-order valence-corrected chi connectivity index (χ3v) is 4.78. The summed E-state index contributed by atoms with van der Waals surface area (Å²) in [6.07, 6.45) is 0. The van der Waals surface area contributed by atoms with Crippen molar-refractivity contribution in [1.82, 2.24) is 15.5 Å². The Morgan fingerprint density at radius 3 is 1.96 bits per heavy atom. The van der Waals surface area contributed by atoms with Crippen LogP contribution >= 0.6 is 0 Å². The number of hydrogen-bond donors (Lipinski definition) is 2.